The van der Waals surface area contributed by atoms with Gasteiger partial charge in [-0.3, -0.25) is 14.4 Å². The minimum atomic E-state index is -0.675. The Balaban J connectivity index is -0.000000812. The van der Waals surface area contributed by atoms with Gasteiger partial charge in [-0.05, 0) is 109 Å². The van der Waals surface area contributed by atoms with Gasteiger partial charge in [0, 0.05) is 19.3 Å². The van der Waals surface area contributed by atoms with E-state index >= 15 is 0 Å². The summed E-state index contributed by atoms with van der Waals surface area (Å²) < 4.78 is 0. The van der Waals surface area contributed by atoms with E-state index in [9.17, 15) is 14.4 Å². The van der Waals surface area contributed by atoms with Crippen molar-refractivity contribution in [2.75, 3.05) is 0 Å². The van der Waals surface area contributed by atoms with E-state index in [0.717, 1.165) is 83.5 Å². The molecule has 0 aliphatic heterocycles. The van der Waals surface area contributed by atoms with Crippen molar-refractivity contribution in [3.05, 3.63) is 72.9 Å². The molecule has 0 spiro atoms. The SMILES string of the molecule is CC/C=C\C/C=C\C/C=C\CCCCCCCC(=O)O.CCCCC/C=C\C/C=C\CCCCCCCC(=O)O.CCCCCCCC/C=C\CCCCCCCC(=O)O. The zero-order valence-corrected chi connectivity index (χ0v) is 39.5. The fourth-order valence-electron chi connectivity index (χ4n) is 6.33. The zero-order valence-electron chi connectivity index (χ0n) is 39.5. The quantitative estimate of drug-likeness (QED) is 0.0417. The molecule has 0 aromatic rings. The summed E-state index contributed by atoms with van der Waals surface area (Å²) in [5, 5.41) is 25.5. The fourth-order valence-corrected chi connectivity index (χ4v) is 6.33. The number of carboxylic acid groups (broad SMARTS) is 3. The van der Waals surface area contributed by atoms with Crippen molar-refractivity contribution in [1.82, 2.24) is 0 Å². The van der Waals surface area contributed by atoms with E-state index in [4.69, 9.17) is 15.3 Å². The van der Waals surface area contributed by atoms with Gasteiger partial charge in [-0.15, -0.1) is 0 Å². The highest BCUT2D eigenvalue weighted by Gasteiger charge is 1.98. The highest BCUT2D eigenvalue weighted by atomic mass is 16.4. The smallest absolute Gasteiger partial charge is 0.303 e. The molecule has 0 aliphatic carbocycles. The Bertz CT molecular complexity index is 1070. The summed E-state index contributed by atoms with van der Waals surface area (Å²) in [6, 6.07) is 0. The fraction of sp³-hybridized carbons (Fsp3) is 0.722. The second kappa shape index (κ2) is 57.9. The standard InChI is InChI=1S/C18H34O2.C18H32O2.C18H30O2/c3*1-2-3-4-5-6-7-8-9-10-11-12-13-14-15-16-17-18(19)20/h9-10H,2-8,11-17H2,1H3,(H,19,20);6-7,9-10H,2-5,8,11-17H2,1H3,(H,19,20);3-4,6-7,9-10H,2,5,8,11-17H2,1H3,(H,19,20)/b10-9-;7-6-,10-9-;4-3-,7-6-,10-9-. The van der Waals surface area contributed by atoms with Crippen molar-refractivity contribution in [3.63, 3.8) is 0 Å². The predicted octanol–water partition coefficient (Wildman–Crippen LogP) is 17.7. The zero-order chi connectivity index (χ0) is 44.7. The number of hydrogen-bond donors (Lipinski definition) is 3. The van der Waals surface area contributed by atoms with Crippen LogP contribution < -0.4 is 0 Å². The Kier molecular flexibility index (Phi) is 59.1. The molecule has 60 heavy (non-hydrogen) atoms. The average Bonchev–Trinajstić information content (AvgIpc) is 3.22. The van der Waals surface area contributed by atoms with Crippen molar-refractivity contribution >= 4 is 17.9 Å². The van der Waals surface area contributed by atoms with Gasteiger partial charge in [0.15, 0.2) is 0 Å². The molecular formula is C54H96O6. The summed E-state index contributed by atoms with van der Waals surface area (Å²) >= 11 is 0. The van der Waals surface area contributed by atoms with Crippen molar-refractivity contribution < 1.29 is 29.7 Å². The number of allylic oxidation sites excluding steroid dienone is 12. The van der Waals surface area contributed by atoms with Crippen LogP contribution in [-0.4, -0.2) is 33.2 Å². The molecule has 0 aromatic heterocycles. The van der Waals surface area contributed by atoms with Gasteiger partial charge in [-0.1, -0.05) is 196 Å². The Morgan fingerprint density at radius 1 is 0.283 bits per heavy atom. The largest absolute Gasteiger partial charge is 0.481 e. The third kappa shape index (κ3) is 69.5. The van der Waals surface area contributed by atoms with Crippen LogP contribution >= 0.6 is 0 Å². The van der Waals surface area contributed by atoms with Crippen LogP contribution in [0.3, 0.4) is 0 Å². The van der Waals surface area contributed by atoms with Gasteiger partial charge in [0.2, 0.25) is 0 Å². The lowest BCUT2D eigenvalue weighted by Gasteiger charge is -1.99. The number of hydrogen-bond acceptors (Lipinski definition) is 3. The number of carboxylic acids is 3. The van der Waals surface area contributed by atoms with E-state index in [1.54, 1.807) is 0 Å². The van der Waals surface area contributed by atoms with Gasteiger partial charge >= 0.3 is 17.9 Å². The van der Waals surface area contributed by atoms with Crippen LogP contribution in [0, 0.1) is 0 Å². The van der Waals surface area contributed by atoms with Crippen LogP contribution in [0.4, 0.5) is 0 Å². The van der Waals surface area contributed by atoms with E-state index in [0.29, 0.717) is 19.3 Å². The maximum absolute atomic E-state index is 10.3. The molecule has 0 aliphatic rings. The third-order valence-electron chi connectivity index (χ3n) is 10.0. The first kappa shape index (κ1) is 61.2. The molecule has 348 valence electrons. The van der Waals surface area contributed by atoms with E-state index in [2.05, 4.69) is 93.7 Å². The molecule has 0 aromatic carbocycles. The van der Waals surface area contributed by atoms with E-state index < -0.39 is 17.9 Å². The summed E-state index contributed by atoms with van der Waals surface area (Å²) in [4.78, 5) is 31.0. The van der Waals surface area contributed by atoms with Gasteiger partial charge in [0.25, 0.3) is 0 Å². The maximum atomic E-state index is 10.3. The molecule has 0 bridgehead atoms. The molecule has 0 atom stereocenters. The van der Waals surface area contributed by atoms with E-state index in [-0.39, 0.29) is 0 Å². The second-order valence-corrected chi connectivity index (χ2v) is 16.1. The number of aliphatic carboxylic acids is 3. The molecule has 0 unspecified atom stereocenters. The first-order chi connectivity index (χ1) is 29.3. The molecule has 0 radical (unpaired) electrons. The third-order valence-corrected chi connectivity index (χ3v) is 10.0. The molecular weight excluding hydrogens is 745 g/mol. The molecule has 0 heterocycles. The molecule has 0 rings (SSSR count). The van der Waals surface area contributed by atoms with Crippen molar-refractivity contribution in [2.45, 2.75) is 252 Å². The van der Waals surface area contributed by atoms with Crippen LogP contribution in [0.25, 0.3) is 0 Å². The topological polar surface area (TPSA) is 112 Å². The monoisotopic (exact) mass is 841 g/mol. The minimum absolute atomic E-state index is 0.319. The Labute approximate surface area is 371 Å². The van der Waals surface area contributed by atoms with Crippen LogP contribution in [0.5, 0.6) is 0 Å². The Morgan fingerprint density at radius 3 is 0.800 bits per heavy atom. The number of carbonyl (C=O) groups is 3. The molecule has 6 nitrogen and oxygen atoms in total. The first-order valence-corrected chi connectivity index (χ1v) is 24.9. The van der Waals surface area contributed by atoms with Gasteiger partial charge in [0.1, 0.15) is 0 Å². The van der Waals surface area contributed by atoms with E-state index in [1.807, 2.05) is 0 Å². The molecule has 6 heteroatoms. The first-order valence-electron chi connectivity index (χ1n) is 24.9. The van der Waals surface area contributed by atoms with Gasteiger partial charge in [-0.25, -0.2) is 0 Å². The predicted molar refractivity (Wildman–Crippen MR) is 261 cm³/mol. The van der Waals surface area contributed by atoms with Crippen molar-refractivity contribution in [1.29, 1.82) is 0 Å². The maximum Gasteiger partial charge on any atom is 0.303 e. The molecule has 0 saturated heterocycles. The number of rotatable bonds is 42. The molecule has 0 amide bonds. The van der Waals surface area contributed by atoms with Gasteiger partial charge in [-0.2, -0.15) is 0 Å². The van der Waals surface area contributed by atoms with Gasteiger partial charge in [0.05, 0.1) is 0 Å². The summed E-state index contributed by atoms with van der Waals surface area (Å²) in [6.45, 7) is 6.64. The van der Waals surface area contributed by atoms with Gasteiger partial charge < -0.3 is 15.3 Å². The second-order valence-electron chi connectivity index (χ2n) is 16.1. The van der Waals surface area contributed by atoms with Crippen molar-refractivity contribution in [2.24, 2.45) is 0 Å². The van der Waals surface area contributed by atoms with E-state index in [1.165, 1.54) is 128 Å². The summed E-state index contributed by atoms with van der Waals surface area (Å²) in [6.07, 6.45) is 66.9. The Morgan fingerprint density at radius 2 is 0.500 bits per heavy atom. The summed E-state index contributed by atoms with van der Waals surface area (Å²) in [5.74, 6) is -2.01. The molecule has 0 saturated carbocycles. The lowest BCUT2D eigenvalue weighted by Crippen LogP contribution is -1.93. The lowest BCUT2D eigenvalue weighted by atomic mass is 10.1. The summed E-state index contributed by atoms with van der Waals surface area (Å²) in [5.41, 5.74) is 0. The lowest BCUT2D eigenvalue weighted by molar-refractivity contribution is -0.138. The normalized spacial score (nSPS) is 11.7. The van der Waals surface area contributed by atoms with Crippen LogP contribution in [0.2, 0.25) is 0 Å². The van der Waals surface area contributed by atoms with Crippen LogP contribution in [0.15, 0.2) is 72.9 Å². The van der Waals surface area contributed by atoms with Crippen LogP contribution in [0.1, 0.15) is 252 Å². The Hall–Kier alpha value is -3.15. The number of unbranched alkanes of at least 4 members (excludes halogenated alkanes) is 24. The highest BCUT2D eigenvalue weighted by Crippen LogP contribution is 2.11. The molecule has 0 fully saturated rings. The molecule has 3 N–H and O–H groups in total. The summed E-state index contributed by atoms with van der Waals surface area (Å²) in [7, 11) is 0. The highest BCUT2D eigenvalue weighted by molar-refractivity contribution is 5.67. The minimum Gasteiger partial charge on any atom is -0.481 e. The van der Waals surface area contributed by atoms with Crippen molar-refractivity contribution in [3.8, 4) is 0 Å². The van der Waals surface area contributed by atoms with Crippen LogP contribution in [-0.2, 0) is 14.4 Å². The average molecular weight is 841 g/mol.